The largest absolute Gasteiger partial charge is 0.396 e. The van der Waals surface area contributed by atoms with E-state index in [1.165, 1.54) is 6.20 Å². The molecule has 1 heterocycles. The summed E-state index contributed by atoms with van der Waals surface area (Å²) in [6.45, 7) is 2.72. The Labute approximate surface area is 71.0 Å². The highest BCUT2D eigenvalue weighted by Gasteiger charge is 1.99. The molecule has 12 heavy (non-hydrogen) atoms. The van der Waals surface area contributed by atoms with Gasteiger partial charge in [-0.3, -0.25) is 0 Å². The molecule has 0 spiro atoms. The van der Waals surface area contributed by atoms with Crippen molar-refractivity contribution in [3.8, 4) is 6.07 Å². The van der Waals surface area contributed by atoms with E-state index in [-0.39, 0.29) is 0 Å². The molecule has 0 aliphatic rings. The second kappa shape index (κ2) is 3.58. The summed E-state index contributed by atoms with van der Waals surface area (Å²) in [5.41, 5.74) is 6.60. The van der Waals surface area contributed by atoms with E-state index in [1.54, 1.807) is 6.07 Å². The van der Waals surface area contributed by atoms with Crippen LogP contribution in [0.4, 0.5) is 11.5 Å². The third kappa shape index (κ3) is 1.64. The van der Waals surface area contributed by atoms with Crippen LogP contribution >= 0.6 is 0 Å². The first-order valence-electron chi connectivity index (χ1n) is 3.67. The van der Waals surface area contributed by atoms with E-state index in [2.05, 4.69) is 10.3 Å². The first-order valence-corrected chi connectivity index (χ1v) is 3.67. The number of nitrogens with two attached hydrogens (primary N) is 1. The highest BCUT2D eigenvalue weighted by Crippen LogP contribution is 2.14. The Balaban J connectivity index is 2.97. The number of aromatic nitrogens is 1. The molecule has 0 bridgehead atoms. The SMILES string of the molecule is CCNc1ncc(C#N)cc1N. The molecule has 0 aliphatic heterocycles. The van der Waals surface area contributed by atoms with Gasteiger partial charge in [-0.05, 0) is 13.0 Å². The molecule has 0 radical (unpaired) electrons. The van der Waals surface area contributed by atoms with Crippen LogP contribution in [0.2, 0.25) is 0 Å². The smallest absolute Gasteiger partial charge is 0.149 e. The van der Waals surface area contributed by atoms with Crippen molar-refractivity contribution in [1.29, 1.82) is 5.26 Å². The van der Waals surface area contributed by atoms with Crippen LogP contribution in [0.3, 0.4) is 0 Å². The Morgan fingerprint density at radius 2 is 2.50 bits per heavy atom. The fraction of sp³-hybridized carbons (Fsp3) is 0.250. The first kappa shape index (κ1) is 8.34. The molecule has 3 N–H and O–H groups in total. The fourth-order valence-electron chi connectivity index (χ4n) is 0.858. The highest BCUT2D eigenvalue weighted by atomic mass is 15.0. The predicted octanol–water partition coefficient (Wildman–Crippen LogP) is 0.967. The summed E-state index contributed by atoms with van der Waals surface area (Å²) in [6.07, 6.45) is 1.49. The summed E-state index contributed by atoms with van der Waals surface area (Å²) in [7, 11) is 0. The van der Waals surface area contributed by atoms with E-state index >= 15 is 0 Å². The molecular formula is C8H10N4. The lowest BCUT2D eigenvalue weighted by Gasteiger charge is -2.04. The summed E-state index contributed by atoms with van der Waals surface area (Å²) >= 11 is 0. The van der Waals surface area contributed by atoms with Crippen molar-refractivity contribution in [2.45, 2.75) is 6.92 Å². The molecule has 62 valence electrons. The van der Waals surface area contributed by atoms with Crippen molar-refractivity contribution in [2.75, 3.05) is 17.6 Å². The summed E-state index contributed by atoms with van der Waals surface area (Å²) in [5, 5.41) is 11.5. The van der Waals surface area contributed by atoms with Crippen LogP contribution in [0.25, 0.3) is 0 Å². The molecule has 0 fully saturated rings. The van der Waals surface area contributed by atoms with E-state index in [9.17, 15) is 0 Å². The van der Waals surface area contributed by atoms with Crippen molar-refractivity contribution in [3.05, 3.63) is 17.8 Å². The molecule has 0 aliphatic carbocycles. The topological polar surface area (TPSA) is 74.7 Å². The monoisotopic (exact) mass is 162 g/mol. The Hall–Kier alpha value is -1.76. The van der Waals surface area contributed by atoms with Crippen molar-refractivity contribution >= 4 is 11.5 Å². The average molecular weight is 162 g/mol. The maximum Gasteiger partial charge on any atom is 0.149 e. The second-order valence-corrected chi connectivity index (χ2v) is 2.30. The van der Waals surface area contributed by atoms with E-state index in [1.807, 2.05) is 13.0 Å². The van der Waals surface area contributed by atoms with Gasteiger partial charge in [-0.15, -0.1) is 0 Å². The minimum atomic E-state index is 0.481. The lowest BCUT2D eigenvalue weighted by atomic mass is 10.3. The van der Waals surface area contributed by atoms with Gasteiger partial charge < -0.3 is 11.1 Å². The molecule has 0 atom stereocenters. The maximum absolute atomic E-state index is 8.52. The number of nitrogens with zero attached hydrogens (tertiary/aromatic N) is 2. The van der Waals surface area contributed by atoms with Crippen molar-refractivity contribution in [3.63, 3.8) is 0 Å². The Morgan fingerprint density at radius 3 is 3.00 bits per heavy atom. The number of hydrogen-bond acceptors (Lipinski definition) is 4. The van der Waals surface area contributed by atoms with Crippen molar-refractivity contribution < 1.29 is 0 Å². The molecule has 0 unspecified atom stereocenters. The minimum absolute atomic E-state index is 0.481. The van der Waals surface area contributed by atoms with E-state index < -0.39 is 0 Å². The number of anilines is 2. The molecule has 1 aromatic rings. The van der Waals surface area contributed by atoms with E-state index in [0.29, 0.717) is 17.1 Å². The quantitative estimate of drug-likeness (QED) is 0.679. The Morgan fingerprint density at radius 1 is 1.75 bits per heavy atom. The molecule has 1 rings (SSSR count). The second-order valence-electron chi connectivity index (χ2n) is 2.30. The van der Waals surface area contributed by atoms with E-state index in [0.717, 1.165) is 6.54 Å². The van der Waals surface area contributed by atoms with Crippen LogP contribution in [0.1, 0.15) is 12.5 Å². The van der Waals surface area contributed by atoms with Gasteiger partial charge in [0.2, 0.25) is 0 Å². The molecule has 0 aromatic carbocycles. The standard InChI is InChI=1S/C8H10N4/c1-2-11-8-7(10)3-6(4-9)5-12-8/h3,5H,2,10H2,1H3,(H,11,12). The average Bonchev–Trinajstić information content (AvgIpc) is 2.09. The van der Waals surface area contributed by atoms with Crippen LogP contribution in [0.15, 0.2) is 12.3 Å². The third-order valence-electron chi connectivity index (χ3n) is 1.39. The van der Waals surface area contributed by atoms with Gasteiger partial charge in [0.25, 0.3) is 0 Å². The van der Waals surface area contributed by atoms with Crippen LogP contribution in [0, 0.1) is 11.3 Å². The summed E-state index contributed by atoms with van der Waals surface area (Å²) in [6, 6.07) is 3.57. The predicted molar refractivity (Wildman–Crippen MR) is 47.5 cm³/mol. The number of rotatable bonds is 2. The summed E-state index contributed by atoms with van der Waals surface area (Å²) < 4.78 is 0. The molecule has 0 amide bonds. The Kier molecular flexibility index (Phi) is 2.49. The lowest BCUT2D eigenvalue weighted by Crippen LogP contribution is -2.03. The minimum Gasteiger partial charge on any atom is -0.396 e. The number of hydrogen-bond donors (Lipinski definition) is 2. The molecule has 4 nitrogen and oxygen atoms in total. The molecular weight excluding hydrogens is 152 g/mol. The lowest BCUT2D eigenvalue weighted by molar-refractivity contribution is 1.16. The number of nitriles is 1. The summed E-state index contributed by atoms with van der Waals surface area (Å²) in [5.74, 6) is 0.636. The van der Waals surface area contributed by atoms with Gasteiger partial charge in [0.15, 0.2) is 0 Å². The van der Waals surface area contributed by atoms with E-state index in [4.69, 9.17) is 11.0 Å². The van der Waals surface area contributed by atoms with Gasteiger partial charge in [0.05, 0.1) is 11.3 Å². The van der Waals surface area contributed by atoms with Crippen molar-refractivity contribution in [2.24, 2.45) is 0 Å². The highest BCUT2D eigenvalue weighted by molar-refractivity contribution is 5.62. The molecule has 1 aromatic heterocycles. The zero-order valence-corrected chi connectivity index (χ0v) is 6.83. The van der Waals surface area contributed by atoms with Gasteiger partial charge in [-0.2, -0.15) is 5.26 Å². The zero-order valence-electron chi connectivity index (χ0n) is 6.83. The number of nitrogens with one attached hydrogen (secondary N) is 1. The Bertz CT molecular complexity index is 313. The van der Waals surface area contributed by atoms with Crippen LogP contribution in [-0.4, -0.2) is 11.5 Å². The first-order chi connectivity index (χ1) is 5.77. The summed E-state index contributed by atoms with van der Waals surface area (Å²) in [4.78, 5) is 3.98. The van der Waals surface area contributed by atoms with Crippen molar-refractivity contribution in [1.82, 2.24) is 4.98 Å². The van der Waals surface area contributed by atoms with Gasteiger partial charge in [0.1, 0.15) is 11.9 Å². The zero-order chi connectivity index (χ0) is 8.97. The van der Waals surface area contributed by atoms with Crippen LogP contribution in [-0.2, 0) is 0 Å². The van der Waals surface area contributed by atoms with Gasteiger partial charge >= 0.3 is 0 Å². The maximum atomic E-state index is 8.52. The molecule has 0 saturated carbocycles. The number of nitrogen functional groups attached to an aromatic ring is 1. The molecule has 0 saturated heterocycles. The third-order valence-corrected chi connectivity index (χ3v) is 1.39. The van der Waals surface area contributed by atoms with Crippen LogP contribution < -0.4 is 11.1 Å². The molecule has 4 heteroatoms. The van der Waals surface area contributed by atoms with Gasteiger partial charge in [-0.25, -0.2) is 4.98 Å². The van der Waals surface area contributed by atoms with Gasteiger partial charge in [0, 0.05) is 12.7 Å². The normalized spacial score (nSPS) is 9.00. The van der Waals surface area contributed by atoms with Crippen LogP contribution in [0.5, 0.6) is 0 Å². The van der Waals surface area contributed by atoms with Gasteiger partial charge in [-0.1, -0.05) is 0 Å². The fourth-order valence-corrected chi connectivity index (χ4v) is 0.858. The number of pyridine rings is 1.